The highest BCUT2D eigenvalue weighted by Gasteiger charge is 2.37. The minimum Gasteiger partial charge on any atom is -0.491 e. The Bertz CT molecular complexity index is 568. The van der Waals surface area contributed by atoms with Gasteiger partial charge in [-0.2, -0.15) is 0 Å². The van der Waals surface area contributed by atoms with Crippen molar-refractivity contribution in [2.45, 2.75) is 53.1 Å². The number of carboxylic acid groups (broad SMARTS) is 1. The van der Waals surface area contributed by atoms with Gasteiger partial charge in [0, 0.05) is 12.5 Å². The van der Waals surface area contributed by atoms with Crippen molar-refractivity contribution in [3.8, 4) is 5.75 Å². The molecule has 0 aliphatic carbocycles. The number of carbonyl (C=O) groups excluding carboxylic acids is 1. The number of hydrogen-bond donors (Lipinski definition) is 2. The fourth-order valence-corrected chi connectivity index (χ4v) is 2.32. The van der Waals surface area contributed by atoms with Crippen molar-refractivity contribution in [2.24, 2.45) is 5.41 Å². The normalized spacial score (nSPS) is 11.4. The third kappa shape index (κ3) is 4.94. The number of aliphatic carboxylic acids is 1. The van der Waals surface area contributed by atoms with E-state index in [4.69, 9.17) is 4.74 Å². The molecule has 128 valence electrons. The van der Waals surface area contributed by atoms with E-state index in [9.17, 15) is 19.1 Å². The number of carboxylic acids is 1. The monoisotopic (exact) mass is 325 g/mol. The summed E-state index contributed by atoms with van der Waals surface area (Å²) in [5, 5.41) is 11.8. The van der Waals surface area contributed by atoms with Crippen molar-refractivity contribution in [1.29, 1.82) is 0 Å². The van der Waals surface area contributed by atoms with E-state index in [1.807, 2.05) is 13.8 Å². The molecule has 0 unspecified atom stereocenters. The summed E-state index contributed by atoms with van der Waals surface area (Å²) < 4.78 is 19.4. The van der Waals surface area contributed by atoms with Crippen LogP contribution in [-0.4, -0.2) is 23.1 Å². The van der Waals surface area contributed by atoms with Gasteiger partial charge in [-0.05, 0) is 38.8 Å². The average Bonchev–Trinajstić information content (AvgIpc) is 2.46. The fraction of sp³-hybridized carbons (Fsp3) is 0.529. The molecular weight excluding hydrogens is 301 g/mol. The molecule has 1 amide bonds. The first-order chi connectivity index (χ1) is 10.7. The third-order valence-corrected chi connectivity index (χ3v) is 3.89. The second-order valence-corrected chi connectivity index (χ2v) is 5.83. The Morgan fingerprint density at radius 2 is 1.91 bits per heavy atom. The molecule has 23 heavy (non-hydrogen) atoms. The summed E-state index contributed by atoms with van der Waals surface area (Å²) in [6.45, 7) is 7.11. The first-order valence-electron chi connectivity index (χ1n) is 7.73. The van der Waals surface area contributed by atoms with Crippen LogP contribution in [0.1, 0.15) is 47.0 Å². The molecule has 1 rings (SSSR count). The molecule has 0 radical (unpaired) electrons. The quantitative estimate of drug-likeness (QED) is 0.761. The molecule has 6 heteroatoms. The molecule has 0 saturated heterocycles. The van der Waals surface area contributed by atoms with Crippen LogP contribution in [-0.2, 0) is 9.59 Å². The minimum atomic E-state index is -1.12. The van der Waals surface area contributed by atoms with E-state index >= 15 is 0 Å². The first-order valence-corrected chi connectivity index (χ1v) is 7.73. The van der Waals surface area contributed by atoms with Crippen molar-refractivity contribution in [3.63, 3.8) is 0 Å². The highest BCUT2D eigenvalue weighted by Crippen LogP contribution is 2.32. The van der Waals surface area contributed by atoms with E-state index in [2.05, 4.69) is 5.32 Å². The van der Waals surface area contributed by atoms with Crippen molar-refractivity contribution in [3.05, 3.63) is 24.0 Å². The molecule has 1 aromatic rings. The van der Waals surface area contributed by atoms with Gasteiger partial charge in [0.25, 0.3) is 0 Å². The lowest BCUT2D eigenvalue weighted by molar-refractivity contribution is -0.151. The van der Waals surface area contributed by atoms with Crippen LogP contribution in [0.2, 0.25) is 0 Å². The van der Waals surface area contributed by atoms with Gasteiger partial charge in [-0.25, -0.2) is 4.39 Å². The summed E-state index contributed by atoms with van der Waals surface area (Å²) in [6, 6.07) is 4.16. The van der Waals surface area contributed by atoms with E-state index in [1.165, 1.54) is 12.1 Å². The molecule has 0 spiro atoms. The number of rotatable bonds is 8. The van der Waals surface area contributed by atoms with Crippen molar-refractivity contribution < 1.29 is 23.8 Å². The van der Waals surface area contributed by atoms with Crippen molar-refractivity contribution in [2.75, 3.05) is 5.32 Å². The second kappa shape index (κ2) is 7.94. The lowest BCUT2D eigenvalue weighted by Gasteiger charge is -2.25. The molecule has 0 heterocycles. The van der Waals surface area contributed by atoms with Crippen LogP contribution in [0.4, 0.5) is 10.1 Å². The van der Waals surface area contributed by atoms with Crippen LogP contribution in [0.15, 0.2) is 18.2 Å². The summed E-state index contributed by atoms with van der Waals surface area (Å²) in [6.07, 6.45) is 0.380. The topological polar surface area (TPSA) is 75.6 Å². The Labute approximate surface area is 135 Å². The van der Waals surface area contributed by atoms with Gasteiger partial charge in [-0.3, -0.25) is 9.59 Å². The number of halogens is 1. The maximum atomic E-state index is 14.0. The molecular formula is C17H24FNO4. The Hall–Kier alpha value is -2.11. The SMILES string of the molecule is CCC(CC)(CC(=O)Nc1ccc(OC(C)C)cc1F)C(=O)O. The van der Waals surface area contributed by atoms with Gasteiger partial charge in [0.05, 0.1) is 17.2 Å². The molecule has 5 nitrogen and oxygen atoms in total. The van der Waals surface area contributed by atoms with E-state index < -0.39 is 23.1 Å². The second-order valence-electron chi connectivity index (χ2n) is 5.83. The molecule has 0 atom stereocenters. The van der Waals surface area contributed by atoms with Crippen LogP contribution < -0.4 is 10.1 Å². The van der Waals surface area contributed by atoms with Crippen LogP contribution in [0.5, 0.6) is 5.75 Å². The number of benzene rings is 1. The van der Waals surface area contributed by atoms with Gasteiger partial charge < -0.3 is 15.2 Å². The molecule has 2 N–H and O–H groups in total. The van der Waals surface area contributed by atoms with Gasteiger partial charge in [0.1, 0.15) is 11.6 Å². The average molecular weight is 325 g/mol. The van der Waals surface area contributed by atoms with Gasteiger partial charge in [-0.1, -0.05) is 13.8 Å². The first kappa shape index (κ1) is 18.9. The summed E-state index contributed by atoms with van der Waals surface area (Å²) in [5.41, 5.74) is -1.11. The molecule has 1 aromatic carbocycles. The summed E-state index contributed by atoms with van der Waals surface area (Å²) in [5.74, 6) is -1.78. The maximum absolute atomic E-state index is 14.0. The number of amides is 1. The zero-order valence-electron chi connectivity index (χ0n) is 14.0. The number of anilines is 1. The Balaban J connectivity index is 2.83. The molecule has 0 saturated carbocycles. The van der Waals surface area contributed by atoms with E-state index in [1.54, 1.807) is 19.9 Å². The van der Waals surface area contributed by atoms with Gasteiger partial charge in [0.15, 0.2) is 0 Å². The smallest absolute Gasteiger partial charge is 0.310 e. The highest BCUT2D eigenvalue weighted by atomic mass is 19.1. The Kier molecular flexibility index (Phi) is 6.54. The van der Waals surface area contributed by atoms with Crippen LogP contribution >= 0.6 is 0 Å². The zero-order valence-corrected chi connectivity index (χ0v) is 14.0. The zero-order chi connectivity index (χ0) is 17.6. The van der Waals surface area contributed by atoms with E-state index in [0.717, 1.165) is 0 Å². The Morgan fingerprint density at radius 3 is 2.35 bits per heavy atom. The van der Waals surface area contributed by atoms with Crippen LogP contribution in [0.3, 0.4) is 0 Å². The summed E-state index contributed by atoms with van der Waals surface area (Å²) in [7, 11) is 0. The van der Waals surface area contributed by atoms with Crippen LogP contribution in [0.25, 0.3) is 0 Å². The number of hydrogen-bond acceptors (Lipinski definition) is 3. The number of carbonyl (C=O) groups is 2. The summed E-state index contributed by atoms with van der Waals surface area (Å²) >= 11 is 0. The van der Waals surface area contributed by atoms with E-state index in [0.29, 0.717) is 18.6 Å². The predicted octanol–water partition coefficient (Wildman–Crippen LogP) is 3.83. The number of ether oxygens (including phenoxy) is 1. The standard InChI is InChI=1S/C17H24FNO4/c1-5-17(6-2,16(21)22)10-15(20)19-14-8-7-12(9-13(14)18)23-11(3)4/h7-9,11H,5-6,10H2,1-4H3,(H,19,20)(H,21,22). The number of nitrogens with one attached hydrogen (secondary N) is 1. The molecule has 0 aromatic heterocycles. The lowest BCUT2D eigenvalue weighted by atomic mass is 9.79. The van der Waals surface area contributed by atoms with E-state index in [-0.39, 0.29) is 18.2 Å². The van der Waals surface area contributed by atoms with Gasteiger partial charge in [-0.15, -0.1) is 0 Å². The highest BCUT2D eigenvalue weighted by molar-refractivity contribution is 5.94. The molecule has 0 aliphatic heterocycles. The largest absolute Gasteiger partial charge is 0.491 e. The van der Waals surface area contributed by atoms with Crippen molar-refractivity contribution >= 4 is 17.6 Å². The molecule has 0 bridgehead atoms. The van der Waals surface area contributed by atoms with Crippen molar-refractivity contribution in [1.82, 2.24) is 0 Å². The lowest BCUT2D eigenvalue weighted by Crippen LogP contribution is -2.34. The fourth-order valence-electron chi connectivity index (χ4n) is 2.32. The predicted molar refractivity (Wildman–Crippen MR) is 86.1 cm³/mol. The Morgan fingerprint density at radius 1 is 1.30 bits per heavy atom. The summed E-state index contributed by atoms with van der Waals surface area (Å²) in [4.78, 5) is 23.5. The van der Waals surface area contributed by atoms with Gasteiger partial charge >= 0.3 is 5.97 Å². The third-order valence-electron chi connectivity index (χ3n) is 3.89. The maximum Gasteiger partial charge on any atom is 0.310 e. The molecule has 0 aliphatic rings. The van der Waals surface area contributed by atoms with Gasteiger partial charge in [0.2, 0.25) is 5.91 Å². The minimum absolute atomic E-state index is 0.0117. The van der Waals surface area contributed by atoms with Crippen LogP contribution in [0, 0.1) is 11.2 Å². The molecule has 0 fully saturated rings.